The van der Waals surface area contributed by atoms with Gasteiger partial charge in [0.1, 0.15) is 11.6 Å². The Morgan fingerprint density at radius 3 is 2.21 bits per heavy atom. The van der Waals surface area contributed by atoms with Gasteiger partial charge in [0.25, 0.3) is 0 Å². The summed E-state index contributed by atoms with van der Waals surface area (Å²) in [5.74, 6) is -2.29. The molecule has 0 N–H and O–H groups in total. The van der Waals surface area contributed by atoms with Crippen molar-refractivity contribution in [3.05, 3.63) is 18.2 Å². The number of ether oxygens (including phenoxy) is 2. The quantitative estimate of drug-likeness (QED) is 0.410. The summed E-state index contributed by atoms with van der Waals surface area (Å²) in [5.41, 5.74) is -0.588. The van der Waals surface area contributed by atoms with Gasteiger partial charge in [0.05, 0.1) is 12.4 Å². The van der Waals surface area contributed by atoms with Gasteiger partial charge in [-0.15, -0.1) is 0 Å². The van der Waals surface area contributed by atoms with Crippen LogP contribution in [-0.4, -0.2) is 34.1 Å². The standard InChI is InChI=1S/C11H14N2O5.Li/c1-11(2,3)18-8(14)6-17-7-4-12-9(10(15)16)13-5-7;/h4-5H,6H2,1-3H3,(H,15,16);/q;+1/p-1. The first kappa shape index (κ1) is 17.4. The maximum atomic E-state index is 11.3. The topological polar surface area (TPSA) is 101 Å². The van der Waals surface area contributed by atoms with Gasteiger partial charge in [-0.3, -0.25) is 0 Å². The average Bonchev–Trinajstić information content (AvgIpc) is 2.24. The summed E-state index contributed by atoms with van der Waals surface area (Å²) >= 11 is 0. The van der Waals surface area contributed by atoms with Crippen molar-refractivity contribution < 1.29 is 43.0 Å². The molecule has 0 unspecified atom stereocenters. The number of carboxylic acids is 1. The molecule has 0 spiro atoms. The first-order valence-electron chi connectivity index (χ1n) is 5.16. The number of rotatable bonds is 4. The minimum atomic E-state index is -1.48. The third-order valence-corrected chi connectivity index (χ3v) is 1.59. The molecule has 19 heavy (non-hydrogen) atoms. The number of nitrogens with zero attached hydrogens (tertiary/aromatic N) is 2. The fourth-order valence-electron chi connectivity index (χ4n) is 1.01. The molecule has 0 aliphatic rings. The molecule has 1 heterocycles. The third-order valence-electron chi connectivity index (χ3n) is 1.59. The smallest absolute Gasteiger partial charge is 0.542 e. The van der Waals surface area contributed by atoms with E-state index in [1.54, 1.807) is 20.8 Å². The van der Waals surface area contributed by atoms with E-state index in [0.717, 1.165) is 12.4 Å². The number of carbonyl (C=O) groups is 2. The zero-order valence-electron chi connectivity index (χ0n) is 11.3. The zero-order chi connectivity index (χ0) is 13.8. The summed E-state index contributed by atoms with van der Waals surface area (Å²) in [6.07, 6.45) is 2.28. The van der Waals surface area contributed by atoms with Crippen molar-refractivity contribution in [1.29, 1.82) is 0 Å². The van der Waals surface area contributed by atoms with Crippen LogP contribution in [-0.2, 0) is 9.53 Å². The molecule has 0 bridgehead atoms. The van der Waals surface area contributed by atoms with Crippen LogP contribution in [0.4, 0.5) is 0 Å². The second-order valence-corrected chi connectivity index (χ2v) is 4.40. The summed E-state index contributed by atoms with van der Waals surface area (Å²) in [7, 11) is 0. The van der Waals surface area contributed by atoms with E-state index in [4.69, 9.17) is 9.47 Å². The maximum Gasteiger partial charge on any atom is 1.00 e. The number of carboxylic acid groups (broad SMARTS) is 1. The molecule has 98 valence electrons. The van der Waals surface area contributed by atoms with Crippen molar-refractivity contribution >= 4 is 11.9 Å². The Hall–Kier alpha value is -1.58. The number of aromatic carboxylic acids is 1. The van der Waals surface area contributed by atoms with Crippen LogP contribution >= 0.6 is 0 Å². The molecule has 0 aliphatic carbocycles. The summed E-state index contributed by atoms with van der Waals surface area (Å²) in [5, 5.41) is 10.4. The molecule has 1 aromatic rings. The Labute approximate surface area is 122 Å². The van der Waals surface area contributed by atoms with Gasteiger partial charge in [0, 0.05) is 0 Å². The average molecular weight is 260 g/mol. The van der Waals surface area contributed by atoms with Crippen LogP contribution < -0.4 is 28.7 Å². The van der Waals surface area contributed by atoms with Crippen LogP contribution in [0.25, 0.3) is 0 Å². The number of esters is 1. The predicted octanol–water partition coefficient (Wildman–Crippen LogP) is -3.44. The van der Waals surface area contributed by atoms with E-state index in [0.29, 0.717) is 0 Å². The zero-order valence-corrected chi connectivity index (χ0v) is 11.3. The number of hydrogen-bond acceptors (Lipinski definition) is 7. The predicted molar refractivity (Wildman–Crippen MR) is 57.7 cm³/mol. The van der Waals surface area contributed by atoms with Crippen molar-refractivity contribution in [3.63, 3.8) is 0 Å². The van der Waals surface area contributed by atoms with Crippen molar-refractivity contribution in [3.8, 4) is 5.75 Å². The van der Waals surface area contributed by atoms with E-state index in [9.17, 15) is 14.7 Å². The number of carbonyl (C=O) groups excluding carboxylic acids is 2. The molecule has 1 rings (SSSR count). The molecule has 0 saturated heterocycles. The van der Waals surface area contributed by atoms with Crippen LogP contribution in [0.3, 0.4) is 0 Å². The number of aromatic nitrogens is 2. The molecular weight excluding hydrogens is 247 g/mol. The molecule has 0 aliphatic heterocycles. The van der Waals surface area contributed by atoms with Gasteiger partial charge >= 0.3 is 24.8 Å². The van der Waals surface area contributed by atoms with E-state index in [-0.39, 0.29) is 31.2 Å². The van der Waals surface area contributed by atoms with Crippen LogP contribution in [0.2, 0.25) is 0 Å². The normalized spacial score (nSPS) is 10.3. The minimum Gasteiger partial charge on any atom is -0.542 e. The first-order chi connectivity index (χ1) is 8.28. The van der Waals surface area contributed by atoms with Crippen LogP contribution in [0.1, 0.15) is 31.4 Å². The molecule has 0 atom stereocenters. The Morgan fingerprint density at radius 2 is 1.79 bits per heavy atom. The van der Waals surface area contributed by atoms with Gasteiger partial charge in [-0.2, -0.15) is 0 Å². The summed E-state index contributed by atoms with van der Waals surface area (Å²) in [6.45, 7) is 4.92. The van der Waals surface area contributed by atoms with Gasteiger partial charge in [0.15, 0.2) is 18.2 Å². The van der Waals surface area contributed by atoms with Gasteiger partial charge in [0.2, 0.25) is 0 Å². The fraction of sp³-hybridized carbons (Fsp3) is 0.455. The molecular formula is C11H13LiN2O5. The largest absolute Gasteiger partial charge is 1.00 e. The fourth-order valence-corrected chi connectivity index (χ4v) is 1.01. The maximum absolute atomic E-state index is 11.3. The van der Waals surface area contributed by atoms with Crippen LogP contribution in [0.15, 0.2) is 12.4 Å². The second-order valence-electron chi connectivity index (χ2n) is 4.40. The Morgan fingerprint density at radius 1 is 1.26 bits per heavy atom. The van der Waals surface area contributed by atoms with Gasteiger partial charge in [-0.05, 0) is 20.8 Å². The Balaban J connectivity index is 0.00000324. The molecule has 0 amide bonds. The Kier molecular flexibility index (Phi) is 6.52. The van der Waals surface area contributed by atoms with Gasteiger partial charge < -0.3 is 19.4 Å². The van der Waals surface area contributed by atoms with Crippen molar-refractivity contribution in [2.24, 2.45) is 0 Å². The van der Waals surface area contributed by atoms with E-state index in [1.165, 1.54) is 0 Å². The summed E-state index contributed by atoms with van der Waals surface area (Å²) in [4.78, 5) is 28.7. The van der Waals surface area contributed by atoms with Crippen molar-refractivity contribution in [2.45, 2.75) is 26.4 Å². The van der Waals surface area contributed by atoms with Crippen molar-refractivity contribution in [1.82, 2.24) is 9.97 Å². The Bertz CT molecular complexity index is 441. The van der Waals surface area contributed by atoms with E-state index in [1.807, 2.05) is 0 Å². The number of hydrogen-bond donors (Lipinski definition) is 0. The van der Waals surface area contributed by atoms with Crippen LogP contribution in [0.5, 0.6) is 5.75 Å². The second kappa shape index (κ2) is 7.12. The van der Waals surface area contributed by atoms with Gasteiger partial charge in [-0.25, -0.2) is 14.8 Å². The molecule has 0 fully saturated rings. The molecule has 1 aromatic heterocycles. The van der Waals surface area contributed by atoms with E-state index >= 15 is 0 Å². The molecule has 7 nitrogen and oxygen atoms in total. The first-order valence-corrected chi connectivity index (χ1v) is 5.16. The molecule has 0 aromatic carbocycles. The van der Waals surface area contributed by atoms with Gasteiger partial charge in [-0.1, -0.05) is 0 Å². The van der Waals surface area contributed by atoms with E-state index < -0.39 is 23.4 Å². The summed E-state index contributed by atoms with van der Waals surface area (Å²) < 4.78 is 10.0. The third kappa shape index (κ3) is 6.79. The monoisotopic (exact) mass is 260 g/mol. The summed E-state index contributed by atoms with van der Waals surface area (Å²) in [6, 6.07) is 0. The van der Waals surface area contributed by atoms with Crippen LogP contribution in [0, 0.1) is 0 Å². The molecule has 0 saturated carbocycles. The minimum absolute atomic E-state index is 0. The van der Waals surface area contributed by atoms with Crippen molar-refractivity contribution in [2.75, 3.05) is 6.61 Å². The van der Waals surface area contributed by atoms with E-state index in [2.05, 4.69) is 9.97 Å². The SMILES string of the molecule is CC(C)(C)OC(=O)COc1cnc(C(=O)[O-])nc1.[Li+]. The molecule has 0 radical (unpaired) electrons. The molecule has 8 heteroatoms.